The van der Waals surface area contributed by atoms with Crippen LogP contribution in [0.1, 0.15) is 55.1 Å². The molecule has 0 saturated carbocycles. The Labute approximate surface area is 227 Å². The molecule has 0 saturated heterocycles. The number of carbonyl (C=O) groups is 2. The maximum atomic E-state index is 13.0. The molecule has 2 aliphatic heterocycles. The van der Waals surface area contributed by atoms with Crippen LogP contribution in [0.3, 0.4) is 0 Å². The van der Waals surface area contributed by atoms with E-state index in [2.05, 4.69) is 9.97 Å². The van der Waals surface area contributed by atoms with Gasteiger partial charge in [-0.25, -0.2) is 32.7 Å². The van der Waals surface area contributed by atoms with Crippen molar-refractivity contribution >= 4 is 22.1 Å². The van der Waals surface area contributed by atoms with Crippen LogP contribution in [0.5, 0.6) is 0 Å². The maximum absolute atomic E-state index is 13.0. The molecule has 39 heavy (non-hydrogen) atoms. The molecular formula is C28H30N4O6S. The molecule has 0 fully saturated rings. The van der Waals surface area contributed by atoms with E-state index in [0.29, 0.717) is 34.9 Å². The average molecular weight is 551 g/mol. The molecule has 1 amide bonds. The van der Waals surface area contributed by atoms with E-state index in [-0.39, 0.29) is 17.1 Å². The number of fused-ring (bicyclic) bond motifs is 1. The van der Waals surface area contributed by atoms with Crippen LogP contribution in [0.15, 0.2) is 59.5 Å². The normalized spacial score (nSPS) is 11.9. The van der Waals surface area contributed by atoms with E-state index in [0.717, 1.165) is 11.1 Å². The first kappa shape index (κ1) is 27.8. The molecule has 2 heterocycles. The number of carbonyl (C=O) groups excluding carboxylic acids is 1. The van der Waals surface area contributed by atoms with Gasteiger partial charge in [0.05, 0.1) is 4.90 Å². The lowest BCUT2D eigenvalue weighted by atomic mass is 10.0. The molecule has 0 radical (unpaired) electrons. The van der Waals surface area contributed by atoms with Crippen LogP contribution in [0, 0.1) is 6.92 Å². The summed E-state index contributed by atoms with van der Waals surface area (Å²) in [5, 5.41) is 9.85. The van der Waals surface area contributed by atoms with Crippen molar-refractivity contribution in [3.63, 3.8) is 0 Å². The molecule has 2 aromatic rings. The standard InChI is InChI=1S/C28H30N4O6S/c1-6-23-29-24-17(2)15-21(26(33)34)32(25(24)30-23)16-18-11-13-19(14-12-18)20-9-7-8-10-22(20)39(36,37)31-27(35)38-28(3,4)5/h7-15H,6,16H2,1-5H3,(H,31,35)(H,33,34). The number of carboxylic acid groups (broad SMARTS) is 1. The number of carboxylic acids is 1. The van der Waals surface area contributed by atoms with E-state index in [1.54, 1.807) is 73.9 Å². The molecule has 2 N–H and O–H groups in total. The van der Waals surface area contributed by atoms with Crippen molar-refractivity contribution in [2.45, 2.75) is 58.1 Å². The fourth-order valence-electron chi connectivity index (χ4n) is 4.17. The van der Waals surface area contributed by atoms with E-state index >= 15 is 0 Å². The van der Waals surface area contributed by atoms with Crippen LogP contribution in [-0.4, -0.2) is 45.7 Å². The summed E-state index contributed by atoms with van der Waals surface area (Å²) < 4.78 is 34.7. The number of hydrogen-bond donors (Lipinski definition) is 2. The summed E-state index contributed by atoms with van der Waals surface area (Å²) in [7, 11) is -4.22. The lowest BCUT2D eigenvalue weighted by molar-refractivity contribution is 0.0569. The second kappa shape index (κ2) is 10.5. The summed E-state index contributed by atoms with van der Waals surface area (Å²) in [4.78, 5) is 33.2. The van der Waals surface area contributed by atoms with E-state index in [1.807, 2.05) is 18.6 Å². The molecule has 11 heteroatoms. The van der Waals surface area contributed by atoms with Crippen LogP contribution in [0.2, 0.25) is 0 Å². The second-order valence-corrected chi connectivity index (χ2v) is 11.7. The van der Waals surface area contributed by atoms with Gasteiger partial charge in [-0.3, -0.25) is 0 Å². The first-order valence-electron chi connectivity index (χ1n) is 12.3. The number of amides is 1. The molecule has 2 aliphatic rings. The Bertz CT molecular complexity index is 1620. The van der Waals surface area contributed by atoms with Gasteiger partial charge in [0.25, 0.3) is 10.0 Å². The first-order chi connectivity index (χ1) is 18.3. The van der Waals surface area contributed by atoms with Gasteiger partial charge in [0.1, 0.15) is 22.8 Å². The Morgan fingerprint density at radius 2 is 1.72 bits per heavy atom. The van der Waals surface area contributed by atoms with Gasteiger partial charge in [-0.15, -0.1) is 0 Å². The number of aromatic nitrogens is 3. The zero-order valence-corrected chi connectivity index (χ0v) is 23.2. The molecule has 10 nitrogen and oxygen atoms in total. The highest BCUT2D eigenvalue weighted by Gasteiger charge is 2.26. The smallest absolute Gasteiger partial charge is 0.421 e. The highest BCUT2D eigenvalue weighted by Crippen LogP contribution is 2.30. The van der Waals surface area contributed by atoms with Crippen LogP contribution >= 0.6 is 0 Å². The number of nitrogens with one attached hydrogen (secondary N) is 1. The molecule has 0 aliphatic carbocycles. The number of sulfonamides is 1. The molecule has 2 aromatic carbocycles. The number of rotatable bonds is 7. The predicted octanol–water partition coefficient (Wildman–Crippen LogP) is 4.88. The van der Waals surface area contributed by atoms with Gasteiger partial charge < -0.3 is 14.4 Å². The largest absolute Gasteiger partial charge is 0.477 e. The highest BCUT2D eigenvalue weighted by atomic mass is 32.2. The fourth-order valence-corrected chi connectivity index (χ4v) is 5.27. The number of ether oxygens (including phenoxy) is 1. The number of imidazole rings is 1. The third-order valence-corrected chi connectivity index (χ3v) is 7.27. The zero-order chi connectivity index (χ0) is 28.5. The van der Waals surface area contributed by atoms with Crippen molar-refractivity contribution in [2.24, 2.45) is 0 Å². The van der Waals surface area contributed by atoms with E-state index < -0.39 is 27.7 Å². The topological polar surface area (TPSA) is 140 Å². The lowest BCUT2D eigenvalue weighted by Gasteiger charge is -2.20. The summed E-state index contributed by atoms with van der Waals surface area (Å²) >= 11 is 0. The molecular weight excluding hydrogens is 520 g/mol. The molecule has 4 rings (SSSR count). The van der Waals surface area contributed by atoms with Crippen molar-refractivity contribution in [3.05, 3.63) is 77.2 Å². The number of aromatic carboxylic acids is 1. The quantitative estimate of drug-likeness (QED) is 0.332. The number of pyridine rings is 1. The van der Waals surface area contributed by atoms with Gasteiger partial charge in [0.15, 0.2) is 5.82 Å². The minimum absolute atomic E-state index is 0.0782. The van der Waals surface area contributed by atoms with Crippen molar-refractivity contribution in [3.8, 4) is 22.6 Å². The fraction of sp³-hybridized carbons (Fsp3) is 0.286. The predicted molar refractivity (Wildman–Crippen MR) is 145 cm³/mol. The summed E-state index contributed by atoms with van der Waals surface area (Å²) in [6.07, 6.45) is -0.443. The molecule has 0 bridgehead atoms. The van der Waals surface area contributed by atoms with Gasteiger partial charge >= 0.3 is 12.1 Å². The molecule has 0 unspecified atom stereocenters. The number of hydrogen-bond acceptors (Lipinski definition) is 7. The second-order valence-electron chi connectivity index (χ2n) is 10.1. The average Bonchev–Trinajstić information content (AvgIpc) is 3.30. The van der Waals surface area contributed by atoms with Crippen molar-refractivity contribution < 1.29 is 27.9 Å². The van der Waals surface area contributed by atoms with Gasteiger partial charge in [-0.2, -0.15) is 0 Å². The van der Waals surface area contributed by atoms with Crippen molar-refractivity contribution in [1.82, 2.24) is 19.3 Å². The molecule has 0 atom stereocenters. The number of aryl methyl sites for hydroxylation is 2. The zero-order valence-electron chi connectivity index (χ0n) is 22.3. The minimum Gasteiger partial charge on any atom is -0.477 e. The van der Waals surface area contributed by atoms with Gasteiger partial charge in [-0.05, 0) is 56.5 Å². The number of benzene rings is 2. The van der Waals surface area contributed by atoms with Crippen LogP contribution in [-0.2, 0) is 27.7 Å². The van der Waals surface area contributed by atoms with Crippen molar-refractivity contribution in [2.75, 3.05) is 0 Å². The SMILES string of the molecule is CCc1nc2c(C)cc(C(=O)O)n(Cc3ccc(-c4ccccc4S(=O)(=O)NC(=O)OC(C)(C)C)cc3)c-2n1. The van der Waals surface area contributed by atoms with E-state index in [4.69, 9.17) is 4.74 Å². The maximum Gasteiger partial charge on any atom is 0.421 e. The van der Waals surface area contributed by atoms with Crippen LogP contribution in [0.25, 0.3) is 22.6 Å². The summed E-state index contributed by atoms with van der Waals surface area (Å²) in [5.74, 6) is 0.0600. The minimum atomic E-state index is -4.22. The summed E-state index contributed by atoms with van der Waals surface area (Å²) in [5.41, 5.74) is 2.40. The Kier molecular flexibility index (Phi) is 7.47. The summed E-state index contributed by atoms with van der Waals surface area (Å²) in [6.45, 7) is 8.89. The van der Waals surface area contributed by atoms with E-state index in [9.17, 15) is 23.1 Å². The third-order valence-electron chi connectivity index (χ3n) is 5.89. The van der Waals surface area contributed by atoms with Gasteiger partial charge in [0, 0.05) is 18.5 Å². The molecule has 0 spiro atoms. The van der Waals surface area contributed by atoms with Crippen LogP contribution < -0.4 is 4.72 Å². The summed E-state index contributed by atoms with van der Waals surface area (Å²) in [6, 6.07) is 15.0. The molecule has 204 valence electrons. The Hall–Kier alpha value is -4.25. The Balaban J connectivity index is 1.67. The highest BCUT2D eigenvalue weighted by molar-refractivity contribution is 7.90. The van der Waals surface area contributed by atoms with Gasteiger partial charge in [-0.1, -0.05) is 49.4 Å². The monoisotopic (exact) mass is 550 g/mol. The van der Waals surface area contributed by atoms with Crippen molar-refractivity contribution in [1.29, 1.82) is 0 Å². The Morgan fingerprint density at radius 3 is 2.33 bits per heavy atom. The molecule has 0 aromatic heterocycles. The first-order valence-corrected chi connectivity index (χ1v) is 13.8. The lowest BCUT2D eigenvalue weighted by Crippen LogP contribution is -2.36. The number of nitrogens with zero attached hydrogens (tertiary/aromatic N) is 3. The Morgan fingerprint density at radius 1 is 1.05 bits per heavy atom. The third kappa shape index (κ3) is 6.09. The van der Waals surface area contributed by atoms with E-state index in [1.165, 1.54) is 6.07 Å². The van der Waals surface area contributed by atoms with Gasteiger partial charge in [0.2, 0.25) is 0 Å². The van der Waals surface area contributed by atoms with Crippen LogP contribution in [0.4, 0.5) is 4.79 Å².